The maximum Gasteiger partial charge on any atom is 0.341 e. The fraction of sp³-hybridized carbons (Fsp3) is 0.222. The molecular weight excluding hydrogens is 327 g/mol. The number of esters is 1. The van der Waals surface area contributed by atoms with Crippen LogP contribution in [-0.4, -0.2) is 36.2 Å². The topological polar surface area (TPSA) is 87.7 Å². The molecule has 0 aliphatic rings. The van der Waals surface area contributed by atoms with Crippen LogP contribution in [0.5, 0.6) is 0 Å². The predicted octanol–water partition coefficient (Wildman–Crippen LogP) is 2.41. The summed E-state index contributed by atoms with van der Waals surface area (Å²) < 4.78 is 18.3. The third kappa shape index (κ3) is 5.29. The van der Waals surface area contributed by atoms with Gasteiger partial charge in [0.15, 0.2) is 6.10 Å². The molecule has 1 amide bonds. The van der Waals surface area contributed by atoms with Gasteiger partial charge in [-0.05, 0) is 37.3 Å². The SMILES string of the molecule is CC(OC(=O)c1ccccc1NCCO)C(=O)Nc1cccc(F)c1. The Morgan fingerprint density at radius 1 is 1.20 bits per heavy atom. The first kappa shape index (κ1) is 18.4. The maximum absolute atomic E-state index is 13.1. The van der Waals surface area contributed by atoms with Gasteiger partial charge in [0.05, 0.1) is 12.2 Å². The second-order valence-electron chi connectivity index (χ2n) is 5.24. The van der Waals surface area contributed by atoms with E-state index in [9.17, 15) is 14.0 Å². The summed E-state index contributed by atoms with van der Waals surface area (Å²) in [6.45, 7) is 1.62. The fourth-order valence-corrected chi connectivity index (χ4v) is 2.09. The standard InChI is InChI=1S/C18H19FN2O4/c1-12(17(23)21-14-6-4-5-13(19)11-14)25-18(24)15-7-2-3-8-16(15)20-9-10-22/h2-8,11-12,20,22H,9-10H2,1H3,(H,21,23). The highest BCUT2D eigenvalue weighted by molar-refractivity contribution is 5.99. The van der Waals surface area contributed by atoms with Gasteiger partial charge < -0.3 is 20.5 Å². The average molecular weight is 346 g/mol. The van der Waals surface area contributed by atoms with Crippen LogP contribution in [0, 0.1) is 5.82 Å². The van der Waals surface area contributed by atoms with E-state index < -0.39 is 23.8 Å². The number of para-hydroxylation sites is 1. The minimum atomic E-state index is -1.07. The predicted molar refractivity (Wildman–Crippen MR) is 91.9 cm³/mol. The van der Waals surface area contributed by atoms with Gasteiger partial charge in [0.2, 0.25) is 0 Å². The Balaban J connectivity index is 2.01. The minimum Gasteiger partial charge on any atom is -0.449 e. The Bertz CT molecular complexity index is 751. The molecule has 0 aliphatic carbocycles. The van der Waals surface area contributed by atoms with Gasteiger partial charge in [0.1, 0.15) is 5.82 Å². The number of ether oxygens (including phenoxy) is 1. The number of aliphatic hydroxyl groups excluding tert-OH is 1. The molecule has 0 saturated carbocycles. The highest BCUT2D eigenvalue weighted by Gasteiger charge is 2.21. The molecule has 0 bridgehead atoms. The molecule has 0 aromatic heterocycles. The van der Waals surface area contributed by atoms with E-state index in [0.717, 1.165) is 0 Å². The van der Waals surface area contributed by atoms with E-state index in [1.54, 1.807) is 24.3 Å². The van der Waals surface area contributed by atoms with Crippen LogP contribution in [0.1, 0.15) is 17.3 Å². The molecule has 0 fully saturated rings. The molecule has 2 aromatic carbocycles. The van der Waals surface area contributed by atoms with Crippen molar-refractivity contribution in [2.45, 2.75) is 13.0 Å². The molecule has 1 unspecified atom stereocenters. The van der Waals surface area contributed by atoms with Crippen molar-refractivity contribution in [3.63, 3.8) is 0 Å². The molecule has 25 heavy (non-hydrogen) atoms. The molecule has 0 heterocycles. The number of amides is 1. The number of aliphatic hydroxyl groups is 1. The highest BCUT2D eigenvalue weighted by Crippen LogP contribution is 2.17. The molecule has 0 spiro atoms. The van der Waals surface area contributed by atoms with Crippen molar-refractivity contribution in [3.05, 3.63) is 59.9 Å². The lowest BCUT2D eigenvalue weighted by atomic mass is 10.1. The van der Waals surface area contributed by atoms with Crippen molar-refractivity contribution in [1.29, 1.82) is 0 Å². The quantitative estimate of drug-likeness (QED) is 0.670. The molecule has 3 N–H and O–H groups in total. The number of nitrogens with one attached hydrogen (secondary N) is 2. The number of hydrogen-bond acceptors (Lipinski definition) is 5. The van der Waals surface area contributed by atoms with Crippen LogP contribution in [0.15, 0.2) is 48.5 Å². The van der Waals surface area contributed by atoms with Gasteiger partial charge in [-0.25, -0.2) is 9.18 Å². The smallest absolute Gasteiger partial charge is 0.341 e. The zero-order valence-electron chi connectivity index (χ0n) is 13.7. The van der Waals surface area contributed by atoms with Gasteiger partial charge in [-0.1, -0.05) is 18.2 Å². The lowest BCUT2D eigenvalue weighted by molar-refractivity contribution is -0.123. The normalized spacial score (nSPS) is 11.5. The number of benzene rings is 2. The molecular formula is C18H19FN2O4. The van der Waals surface area contributed by atoms with E-state index in [0.29, 0.717) is 5.69 Å². The van der Waals surface area contributed by atoms with Gasteiger partial charge in [-0.2, -0.15) is 0 Å². The summed E-state index contributed by atoms with van der Waals surface area (Å²) in [5.74, 6) is -1.73. The molecule has 0 radical (unpaired) electrons. The zero-order chi connectivity index (χ0) is 18.2. The number of carbonyl (C=O) groups is 2. The Labute approximate surface area is 144 Å². The maximum atomic E-state index is 13.1. The summed E-state index contributed by atoms with van der Waals surface area (Å²) in [4.78, 5) is 24.4. The van der Waals surface area contributed by atoms with Crippen molar-refractivity contribution >= 4 is 23.3 Å². The second-order valence-corrected chi connectivity index (χ2v) is 5.24. The molecule has 0 saturated heterocycles. The van der Waals surface area contributed by atoms with Crippen LogP contribution < -0.4 is 10.6 Å². The van der Waals surface area contributed by atoms with Crippen LogP contribution in [0.2, 0.25) is 0 Å². The Morgan fingerprint density at radius 2 is 1.96 bits per heavy atom. The summed E-state index contributed by atoms with van der Waals surface area (Å²) in [5, 5.41) is 14.3. The van der Waals surface area contributed by atoms with Gasteiger partial charge in [-0.15, -0.1) is 0 Å². The molecule has 7 heteroatoms. The zero-order valence-corrected chi connectivity index (χ0v) is 13.7. The lowest BCUT2D eigenvalue weighted by Gasteiger charge is -2.15. The van der Waals surface area contributed by atoms with Crippen LogP contribution in [0.3, 0.4) is 0 Å². The van der Waals surface area contributed by atoms with Crippen molar-refractivity contribution < 1.29 is 23.8 Å². The summed E-state index contributed by atoms with van der Waals surface area (Å²) >= 11 is 0. The fourth-order valence-electron chi connectivity index (χ4n) is 2.09. The van der Waals surface area contributed by atoms with Crippen molar-refractivity contribution in [1.82, 2.24) is 0 Å². The van der Waals surface area contributed by atoms with Crippen LogP contribution in [-0.2, 0) is 9.53 Å². The Morgan fingerprint density at radius 3 is 2.68 bits per heavy atom. The first-order valence-corrected chi connectivity index (χ1v) is 7.72. The van der Waals surface area contributed by atoms with Gasteiger partial charge in [0, 0.05) is 17.9 Å². The van der Waals surface area contributed by atoms with Crippen LogP contribution >= 0.6 is 0 Å². The van der Waals surface area contributed by atoms with Gasteiger partial charge in [-0.3, -0.25) is 4.79 Å². The third-order valence-electron chi connectivity index (χ3n) is 3.32. The van der Waals surface area contributed by atoms with Crippen molar-refractivity contribution in [3.8, 4) is 0 Å². The van der Waals surface area contributed by atoms with Crippen LogP contribution in [0.25, 0.3) is 0 Å². The van der Waals surface area contributed by atoms with E-state index in [-0.39, 0.29) is 24.4 Å². The summed E-state index contributed by atoms with van der Waals surface area (Å²) in [5.41, 5.74) is 1.03. The van der Waals surface area contributed by atoms with Crippen molar-refractivity contribution in [2.75, 3.05) is 23.8 Å². The number of hydrogen-bond donors (Lipinski definition) is 3. The van der Waals surface area contributed by atoms with E-state index in [1.165, 1.54) is 31.2 Å². The lowest BCUT2D eigenvalue weighted by Crippen LogP contribution is -2.30. The number of rotatable bonds is 7. The highest BCUT2D eigenvalue weighted by atomic mass is 19.1. The van der Waals surface area contributed by atoms with E-state index in [1.807, 2.05) is 0 Å². The van der Waals surface area contributed by atoms with Crippen LogP contribution in [0.4, 0.5) is 15.8 Å². The monoisotopic (exact) mass is 346 g/mol. The summed E-state index contributed by atoms with van der Waals surface area (Å²) in [7, 11) is 0. The second kappa shape index (κ2) is 8.79. The molecule has 6 nitrogen and oxygen atoms in total. The van der Waals surface area contributed by atoms with Crippen molar-refractivity contribution in [2.24, 2.45) is 0 Å². The largest absolute Gasteiger partial charge is 0.449 e. The molecule has 2 aromatic rings. The minimum absolute atomic E-state index is 0.0875. The average Bonchev–Trinajstić information content (AvgIpc) is 2.60. The number of anilines is 2. The summed E-state index contributed by atoms with van der Waals surface area (Å²) in [6.07, 6.45) is -1.07. The summed E-state index contributed by atoms with van der Waals surface area (Å²) in [6, 6.07) is 12.0. The number of carbonyl (C=O) groups excluding carboxylic acids is 2. The molecule has 2 rings (SSSR count). The van der Waals surface area contributed by atoms with E-state index in [2.05, 4.69) is 10.6 Å². The third-order valence-corrected chi connectivity index (χ3v) is 3.32. The number of halogens is 1. The Hall–Kier alpha value is -2.93. The molecule has 0 aliphatic heterocycles. The first-order chi connectivity index (χ1) is 12.0. The van der Waals surface area contributed by atoms with Gasteiger partial charge in [0.25, 0.3) is 5.91 Å². The Kier molecular flexibility index (Phi) is 6.47. The molecule has 1 atom stereocenters. The molecule has 132 valence electrons. The van der Waals surface area contributed by atoms with E-state index >= 15 is 0 Å². The first-order valence-electron chi connectivity index (χ1n) is 7.72. The van der Waals surface area contributed by atoms with Gasteiger partial charge >= 0.3 is 5.97 Å². The van der Waals surface area contributed by atoms with E-state index in [4.69, 9.17) is 9.84 Å².